The number of hydrogen-bond donors (Lipinski definition) is 2. The molecule has 2 aromatic rings. The van der Waals surface area contributed by atoms with Crippen molar-refractivity contribution in [3.8, 4) is 11.4 Å². The van der Waals surface area contributed by atoms with Crippen molar-refractivity contribution < 1.29 is 19.1 Å². The second-order valence-corrected chi connectivity index (χ2v) is 9.94. The van der Waals surface area contributed by atoms with Crippen LogP contribution in [0.3, 0.4) is 0 Å². The fourth-order valence-electron chi connectivity index (χ4n) is 7.22. The lowest BCUT2D eigenvalue weighted by Gasteiger charge is -2.38. The molecular formula is C26H32N2O4. The number of hydrogen-bond acceptors (Lipinski definition) is 4. The highest BCUT2D eigenvalue weighted by molar-refractivity contribution is 5.95. The van der Waals surface area contributed by atoms with Crippen LogP contribution in [0, 0.1) is 0 Å². The van der Waals surface area contributed by atoms with Gasteiger partial charge in [-0.2, -0.15) is 0 Å². The highest BCUT2D eigenvalue weighted by Crippen LogP contribution is 2.57. The number of carbonyl (C=O) groups excluding carboxylic acids is 2. The molecule has 0 radical (unpaired) electrons. The fourth-order valence-corrected chi connectivity index (χ4v) is 7.22. The number of aromatic amines is 2. The summed E-state index contributed by atoms with van der Waals surface area (Å²) in [6, 6.07) is 0. The van der Waals surface area contributed by atoms with Gasteiger partial charge in [-0.25, -0.2) is 9.59 Å². The second kappa shape index (κ2) is 7.53. The van der Waals surface area contributed by atoms with Crippen LogP contribution < -0.4 is 0 Å². The predicted molar refractivity (Wildman–Crippen MR) is 120 cm³/mol. The van der Waals surface area contributed by atoms with Crippen molar-refractivity contribution in [2.24, 2.45) is 0 Å². The lowest BCUT2D eigenvalue weighted by atomic mass is 9.65. The van der Waals surface area contributed by atoms with Crippen LogP contribution in [0.5, 0.6) is 0 Å². The van der Waals surface area contributed by atoms with Crippen molar-refractivity contribution in [1.29, 1.82) is 0 Å². The highest BCUT2D eigenvalue weighted by Gasteiger charge is 2.44. The first kappa shape index (κ1) is 20.1. The van der Waals surface area contributed by atoms with Crippen LogP contribution in [0.1, 0.15) is 132 Å². The Hall–Kier alpha value is -2.50. The first-order chi connectivity index (χ1) is 15.6. The van der Waals surface area contributed by atoms with Gasteiger partial charge in [-0.1, -0.05) is 0 Å². The molecule has 0 aliphatic heterocycles. The van der Waals surface area contributed by atoms with Crippen molar-refractivity contribution in [3.05, 3.63) is 33.6 Å². The van der Waals surface area contributed by atoms with E-state index in [0.29, 0.717) is 48.3 Å². The number of H-pyrrole nitrogens is 2. The van der Waals surface area contributed by atoms with Crippen LogP contribution in [0.25, 0.3) is 11.4 Å². The van der Waals surface area contributed by atoms with E-state index in [1.165, 1.54) is 47.9 Å². The molecule has 2 heterocycles. The van der Waals surface area contributed by atoms with E-state index < -0.39 is 0 Å². The number of carbonyl (C=O) groups is 2. The van der Waals surface area contributed by atoms with E-state index in [2.05, 4.69) is 9.97 Å². The maximum absolute atomic E-state index is 12.9. The molecule has 170 valence electrons. The summed E-state index contributed by atoms with van der Waals surface area (Å²) >= 11 is 0. The topological polar surface area (TPSA) is 84.2 Å². The number of rotatable bonds is 5. The molecule has 2 aromatic heterocycles. The van der Waals surface area contributed by atoms with Crippen LogP contribution in [-0.4, -0.2) is 35.1 Å². The third-order valence-electron chi connectivity index (χ3n) is 8.45. The fraction of sp³-hybridized carbons (Fsp3) is 0.615. The van der Waals surface area contributed by atoms with Gasteiger partial charge < -0.3 is 19.4 Å². The van der Waals surface area contributed by atoms with Gasteiger partial charge in [0.25, 0.3) is 0 Å². The van der Waals surface area contributed by atoms with Crippen molar-refractivity contribution in [2.45, 2.75) is 88.9 Å². The highest BCUT2D eigenvalue weighted by atomic mass is 16.5. The number of ether oxygens (including phenoxy) is 2. The number of aromatic nitrogens is 2. The molecule has 6 aliphatic rings. The Kier molecular flexibility index (Phi) is 4.74. The zero-order chi connectivity index (χ0) is 22.0. The molecule has 0 unspecified atom stereocenters. The Labute approximate surface area is 188 Å². The standard InChI is InChI=1S/C26H32N2O4/c1-3-31-25(29)23-19-15-9-5-13(6-10-15)17(19)21(27-23)22-18-14-7-11-16(12-8-14)20(18)24(28-22)26(30)32-4-2/h13-16,27-28H,3-12H2,1-2H3. The van der Waals surface area contributed by atoms with E-state index in [9.17, 15) is 9.59 Å². The summed E-state index contributed by atoms with van der Waals surface area (Å²) in [5.41, 5.74) is 8.29. The number of esters is 2. The summed E-state index contributed by atoms with van der Waals surface area (Å²) in [5, 5.41) is 0. The molecule has 0 aromatic carbocycles. The minimum absolute atomic E-state index is 0.255. The van der Waals surface area contributed by atoms with E-state index in [1.54, 1.807) is 0 Å². The summed E-state index contributed by atoms with van der Waals surface area (Å²) in [4.78, 5) is 32.9. The van der Waals surface area contributed by atoms with E-state index >= 15 is 0 Å². The van der Waals surface area contributed by atoms with E-state index in [-0.39, 0.29) is 11.9 Å². The first-order valence-corrected chi connectivity index (χ1v) is 12.5. The van der Waals surface area contributed by atoms with Gasteiger partial charge in [0.05, 0.1) is 24.6 Å². The van der Waals surface area contributed by atoms with Crippen LogP contribution in [0.15, 0.2) is 0 Å². The van der Waals surface area contributed by atoms with Crippen LogP contribution in [0.2, 0.25) is 0 Å². The van der Waals surface area contributed by atoms with Gasteiger partial charge in [0.15, 0.2) is 0 Å². The third kappa shape index (κ3) is 2.77. The molecule has 6 nitrogen and oxygen atoms in total. The first-order valence-electron chi connectivity index (χ1n) is 12.5. The molecule has 0 amide bonds. The summed E-state index contributed by atoms with van der Waals surface area (Å²) in [7, 11) is 0. The zero-order valence-electron chi connectivity index (χ0n) is 19.0. The maximum Gasteiger partial charge on any atom is 0.355 e. The Bertz CT molecular complexity index is 992. The molecule has 0 atom stereocenters. The van der Waals surface area contributed by atoms with Gasteiger partial charge in [0, 0.05) is 0 Å². The number of nitrogens with one attached hydrogen (secondary N) is 2. The van der Waals surface area contributed by atoms with E-state index in [1.807, 2.05) is 13.8 Å². The normalized spacial score (nSPS) is 27.2. The Morgan fingerprint density at radius 1 is 0.625 bits per heavy atom. The minimum Gasteiger partial charge on any atom is -0.461 e. The van der Waals surface area contributed by atoms with Crippen molar-refractivity contribution >= 4 is 11.9 Å². The summed E-state index contributed by atoms with van der Waals surface area (Å²) in [5.74, 6) is 1.27. The smallest absolute Gasteiger partial charge is 0.355 e. The monoisotopic (exact) mass is 436 g/mol. The van der Waals surface area contributed by atoms with Gasteiger partial charge in [-0.15, -0.1) is 0 Å². The van der Waals surface area contributed by atoms with E-state index in [4.69, 9.17) is 9.47 Å². The molecule has 2 fully saturated rings. The lowest BCUT2D eigenvalue weighted by Crippen LogP contribution is -2.23. The molecular weight excluding hydrogens is 404 g/mol. The second-order valence-electron chi connectivity index (χ2n) is 9.94. The van der Waals surface area contributed by atoms with Gasteiger partial charge >= 0.3 is 11.9 Å². The van der Waals surface area contributed by atoms with Crippen LogP contribution in [0.4, 0.5) is 0 Å². The Morgan fingerprint density at radius 2 is 0.938 bits per heavy atom. The maximum atomic E-state index is 12.9. The SMILES string of the molecule is CCOC(=O)c1[nH]c(-c2[nH]c(C(=O)OCC)c3c2C2CCC3CC2)c2c1C1CCC2CC1. The van der Waals surface area contributed by atoms with Crippen molar-refractivity contribution in [2.75, 3.05) is 13.2 Å². The van der Waals surface area contributed by atoms with Crippen molar-refractivity contribution in [3.63, 3.8) is 0 Å². The Balaban J connectivity index is 1.57. The summed E-state index contributed by atoms with van der Waals surface area (Å²) in [6.07, 6.45) is 9.25. The van der Waals surface area contributed by atoms with Gasteiger partial charge in [-0.3, -0.25) is 0 Å². The Morgan fingerprint density at radius 3 is 1.25 bits per heavy atom. The summed E-state index contributed by atoms with van der Waals surface area (Å²) in [6.45, 7) is 4.43. The predicted octanol–water partition coefficient (Wildman–Crippen LogP) is 5.87. The molecule has 6 aliphatic carbocycles. The van der Waals surface area contributed by atoms with Gasteiger partial charge in [0.1, 0.15) is 11.4 Å². The molecule has 2 N–H and O–H groups in total. The lowest BCUT2D eigenvalue weighted by molar-refractivity contribution is 0.0507. The summed E-state index contributed by atoms with van der Waals surface area (Å²) < 4.78 is 10.9. The largest absolute Gasteiger partial charge is 0.461 e. The zero-order valence-corrected chi connectivity index (χ0v) is 19.0. The van der Waals surface area contributed by atoms with Gasteiger partial charge in [-0.05, 0) is 111 Å². The average Bonchev–Trinajstić information content (AvgIpc) is 3.43. The van der Waals surface area contributed by atoms with Crippen LogP contribution in [-0.2, 0) is 9.47 Å². The minimum atomic E-state index is -0.255. The molecule has 8 rings (SSSR count). The molecule has 0 saturated heterocycles. The van der Waals surface area contributed by atoms with E-state index in [0.717, 1.165) is 37.1 Å². The van der Waals surface area contributed by atoms with Gasteiger partial charge in [0.2, 0.25) is 0 Å². The van der Waals surface area contributed by atoms with Crippen molar-refractivity contribution in [1.82, 2.24) is 9.97 Å². The average molecular weight is 437 g/mol. The molecule has 32 heavy (non-hydrogen) atoms. The molecule has 2 saturated carbocycles. The molecule has 0 spiro atoms. The molecule has 4 bridgehead atoms. The van der Waals surface area contributed by atoms with Crippen LogP contribution >= 0.6 is 0 Å². The third-order valence-corrected chi connectivity index (χ3v) is 8.45. The number of fused-ring (bicyclic) bond motifs is 4. The molecule has 6 heteroatoms. The quantitative estimate of drug-likeness (QED) is 0.574.